The molecule has 1 aromatic rings. The smallest absolute Gasteiger partial charge is 0.373 e. The predicted octanol–water partition coefficient (Wildman–Crippen LogP) is 2.33. The van der Waals surface area contributed by atoms with E-state index in [1.807, 2.05) is 20.8 Å². The number of carbonyl (C=O) groups excluding carboxylic acids is 7. The molecule has 15 nitrogen and oxygen atoms in total. The van der Waals surface area contributed by atoms with Gasteiger partial charge in [0.15, 0.2) is 0 Å². The van der Waals surface area contributed by atoms with Gasteiger partial charge in [0.1, 0.15) is 41.9 Å². The zero-order valence-electron chi connectivity index (χ0n) is 35.5. The Kier molecular flexibility index (Phi) is 16.5. The van der Waals surface area contributed by atoms with Gasteiger partial charge < -0.3 is 41.1 Å². The maximum absolute atomic E-state index is 14.5. The van der Waals surface area contributed by atoms with Gasteiger partial charge in [-0.25, -0.2) is 4.39 Å². The van der Waals surface area contributed by atoms with Crippen molar-refractivity contribution in [1.82, 2.24) is 36.0 Å². The first-order valence-electron chi connectivity index (χ1n) is 19.8. The third-order valence-electron chi connectivity index (χ3n) is 11.0. The molecule has 2 saturated heterocycles. The second-order valence-corrected chi connectivity index (χ2v) is 17.3. The van der Waals surface area contributed by atoms with E-state index in [1.165, 1.54) is 39.8 Å². The number of nitrogens with one attached hydrogen (secondary N) is 4. The third-order valence-corrected chi connectivity index (χ3v) is 11.2. The Morgan fingerprint density at radius 2 is 1.72 bits per heavy atom. The molecule has 0 saturated carbocycles. The first kappa shape index (κ1) is 49.8. The molecule has 1 aromatic carbocycles. The quantitative estimate of drug-likeness (QED) is 0.233. The second kappa shape index (κ2) is 19.9. The molecular formula is C40H58ClF4N7O8. The molecule has 2 fully saturated rings. The topological polar surface area (TPSA) is 198 Å². The summed E-state index contributed by atoms with van der Waals surface area (Å²) < 4.78 is 54.9. The van der Waals surface area contributed by atoms with Crippen LogP contribution in [0.25, 0.3) is 0 Å². The molecule has 7 amide bonds. The molecule has 20 heteroatoms. The average Bonchev–Trinajstić information content (AvgIpc) is 3.54. The van der Waals surface area contributed by atoms with Crippen molar-refractivity contribution in [3.05, 3.63) is 34.3 Å². The van der Waals surface area contributed by atoms with Gasteiger partial charge in [0.2, 0.25) is 41.0 Å². The van der Waals surface area contributed by atoms with Gasteiger partial charge in [-0.1, -0.05) is 31.5 Å². The molecule has 0 spiro atoms. The van der Waals surface area contributed by atoms with Crippen LogP contribution in [0.15, 0.2) is 18.2 Å². The molecular weight excluding hydrogens is 818 g/mol. The van der Waals surface area contributed by atoms with E-state index in [0.29, 0.717) is 17.0 Å². The molecule has 2 aliphatic heterocycles. The van der Waals surface area contributed by atoms with Crippen molar-refractivity contribution in [2.24, 2.45) is 5.92 Å². The van der Waals surface area contributed by atoms with Crippen LogP contribution >= 0.6 is 11.6 Å². The fourth-order valence-electron chi connectivity index (χ4n) is 7.16. The first-order chi connectivity index (χ1) is 27.6. The number of aryl methyl sites for hydroxylation is 1. The van der Waals surface area contributed by atoms with Crippen LogP contribution in [0, 0.1) is 12.8 Å². The molecule has 2 aliphatic rings. The van der Waals surface area contributed by atoms with Gasteiger partial charge in [0.05, 0.1) is 6.54 Å². The predicted molar refractivity (Wildman–Crippen MR) is 213 cm³/mol. The molecule has 0 unspecified atom stereocenters. The van der Waals surface area contributed by atoms with E-state index in [2.05, 4.69) is 21.3 Å². The summed E-state index contributed by atoms with van der Waals surface area (Å²) in [6.45, 7) is 9.17. The lowest BCUT2D eigenvalue weighted by molar-refractivity contribution is -0.250. The zero-order chi connectivity index (χ0) is 45.7. The Morgan fingerprint density at radius 1 is 1.08 bits per heavy atom. The number of likely N-dealkylation sites (tertiary alicyclic amines) is 1. The van der Waals surface area contributed by atoms with Crippen LogP contribution < -0.4 is 21.3 Å². The summed E-state index contributed by atoms with van der Waals surface area (Å²) in [6.07, 6.45) is -7.29. The Labute approximate surface area is 352 Å². The highest BCUT2D eigenvalue weighted by Crippen LogP contribution is 2.34. The Balaban J connectivity index is 1.95. The van der Waals surface area contributed by atoms with Gasteiger partial charge in [-0.2, -0.15) is 13.2 Å². The molecule has 336 valence electrons. The number of aliphatic hydroxyl groups is 1. The first-order valence-corrected chi connectivity index (χ1v) is 20.2. The number of nitrogens with zero attached hydrogens (tertiary/aromatic N) is 3. The minimum atomic E-state index is -5.43. The number of rotatable bonds is 9. The SMILES string of the molecule is Cc1ccc(Cl)cc1C[C@H]1C(=O)NC(C)(C)C(=O)NCCCC[C@H](N(C)C(=O)[C@H](C)NC(=O)[C@@H]2C[C@@H](F)CN2C(=O)[C@@](C)(O)C(F)(F)F)C(=O)N[C@@H](CC(C)C)C(=O)N1C. The molecule has 2 heterocycles. The fraction of sp³-hybridized carbons (Fsp3) is 0.675. The van der Waals surface area contributed by atoms with Crippen LogP contribution in [-0.2, 0) is 40.0 Å². The Morgan fingerprint density at radius 3 is 2.32 bits per heavy atom. The molecule has 60 heavy (non-hydrogen) atoms. The normalized spacial score (nSPS) is 25.2. The van der Waals surface area contributed by atoms with Crippen molar-refractivity contribution in [3.8, 4) is 0 Å². The summed E-state index contributed by atoms with van der Waals surface area (Å²) in [5.41, 5.74) is -3.87. The van der Waals surface area contributed by atoms with Gasteiger partial charge in [-0.05, 0) is 89.5 Å². The number of benzene rings is 1. The fourth-order valence-corrected chi connectivity index (χ4v) is 7.35. The monoisotopic (exact) mass is 875 g/mol. The minimum absolute atomic E-state index is 0.00436. The van der Waals surface area contributed by atoms with Gasteiger partial charge in [-0.15, -0.1) is 0 Å². The van der Waals surface area contributed by atoms with Crippen molar-refractivity contribution in [3.63, 3.8) is 0 Å². The van der Waals surface area contributed by atoms with Crippen LogP contribution in [-0.4, -0.2) is 142 Å². The molecule has 0 bridgehead atoms. The van der Waals surface area contributed by atoms with E-state index in [-0.39, 0.29) is 50.0 Å². The van der Waals surface area contributed by atoms with E-state index in [9.17, 15) is 56.2 Å². The zero-order valence-corrected chi connectivity index (χ0v) is 36.2. The average molecular weight is 876 g/mol. The van der Waals surface area contributed by atoms with Crippen LogP contribution in [0.3, 0.4) is 0 Å². The number of amides is 7. The van der Waals surface area contributed by atoms with Crippen LogP contribution in [0.2, 0.25) is 5.02 Å². The number of halogens is 5. The van der Waals surface area contributed by atoms with E-state index in [1.54, 1.807) is 18.2 Å². The number of alkyl halides is 4. The molecule has 5 N–H and O–H groups in total. The van der Waals surface area contributed by atoms with Crippen molar-refractivity contribution in [2.45, 2.75) is 141 Å². The molecule has 0 radical (unpaired) electrons. The van der Waals surface area contributed by atoms with Crippen molar-refractivity contribution in [1.29, 1.82) is 0 Å². The minimum Gasteiger partial charge on any atom is -0.373 e. The summed E-state index contributed by atoms with van der Waals surface area (Å²) in [4.78, 5) is 98.4. The summed E-state index contributed by atoms with van der Waals surface area (Å²) in [7, 11) is 2.69. The van der Waals surface area contributed by atoms with Gasteiger partial charge >= 0.3 is 6.18 Å². The largest absolute Gasteiger partial charge is 0.426 e. The van der Waals surface area contributed by atoms with Gasteiger partial charge in [0, 0.05) is 38.5 Å². The number of carbonyl (C=O) groups is 7. The summed E-state index contributed by atoms with van der Waals surface area (Å²) in [6, 6.07) is -1.75. The highest BCUT2D eigenvalue weighted by molar-refractivity contribution is 6.30. The lowest BCUT2D eigenvalue weighted by Gasteiger charge is -2.36. The molecule has 0 aromatic heterocycles. The molecule has 0 aliphatic carbocycles. The number of likely N-dealkylation sites (N-methyl/N-ethyl adjacent to an activating group) is 2. The van der Waals surface area contributed by atoms with Crippen molar-refractivity contribution in [2.75, 3.05) is 27.2 Å². The lowest BCUT2D eigenvalue weighted by atomic mass is 9.96. The van der Waals surface area contributed by atoms with Crippen LogP contribution in [0.5, 0.6) is 0 Å². The highest BCUT2D eigenvalue weighted by Gasteiger charge is 2.59. The van der Waals surface area contributed by atoms with Crippen molar-refractivity contribution >= 4 is 53.0 Å². The van der Waals surface area contributed by atoms with Crippen LogP contribution in [0.1, 0.15) is 84.8 Å². The second-order valence-electron chi connectivity index (χ2n) is 16.9. The van der Waals surface area contributed by atoms with Gasteiger partial charge in [-0.3, -0.25) is 33.6 Å². The van der Waals surface area contributed by atoms with E-state index >= 15 is 0 Å². The van der Waals surface area contributed by atoms with Gasteiger partial charge in [0.25, 0.3) is 5.91 Å². The summed E-state index contributed by atoms with van der Waals surface area (Å²) in [5.74, 6) is -6.62. The Hall–Kier alpha value is -4.52. The third kappa shape index (κ3) is 12.1. The standard InChI is InChI=1S/C40H58ClF4N7O8/c1-21(2)16-27-35(57)51(9)29(18-24-17-25(41)14-13-22(24)3)33(55)49-38(5,6)36(58)46-15-11-10-12-28(31(53)48-27)50(8)34(56)23(4)47-32(54)30-19-26(42)20-52(30)37(59)39(7,60)40(43,44)45/h13-14,17,21,23,26-30,60H,10-12,15-16,18-20H2,1-9H3,(H,46,58)(H,47,54)(H,48,53)(H,49,55)/t23-,26+,27-,28-,29-,30-,39+/m0/s1. The summed E-state index contributed by atoms with van der Waals surface area (Å²) in [5, 5.41) is 21.0. The van der Waals surface area contributed by atoms with E-state index in [4.69, 9.17) is 11.6 Å². The van der Waals surface area contributed by atoms with E-state index in [0.717, 1.165) is 10.5 Å². The molecule has 3 rings (SSSR count). The maximum atomic E-state index is 14.5. The maximum Gasteiger partial charge on any atom is 0.426 e. The highest BCUT2D eigenvalue weighted by atomic mass is 35.5. The Bertz CT molecular complexity index is 1800. The lowest BCUT2D eigenvalue weighted by Crippen LogP contribution is -2.62. The van der Waals surface area contributed by atoms with Crippen molar-refractivity contribution < 1.29 is 56.2 Å². The van der Waals surface area contributed by atoms with E-state index < -0.39 is 108 Å². The molecule has 7 atom stereocenters. The van der Waals surface area contributed by atoms with Crippen LogP contribution in [0.4, 0.5) is 17.6 Å². The number of hydrogen-bond acceptors (Lipinski definition) is 8. The number of hydrogen-bond donors (Lipinski definition) is 5. The summed E-state index contributed by atoms with van der Waals surface area (Å²) >= 11 is 6.29.